The van der Waals surface area contributed by atoms with Crippen molar-refractivity contribution in [3.05, 3.63) is 0 Å². The van der Waals surface area contributed by atoms with Gasteiger partial charge in [-0.1, -0.05) is 6.92 Å². The molecular weight excluding hydrogens is 330 g/mol. The second kappa shape index (κ2) is 11.3. The van der Waals surface area contributed by atoms with Crippen molar-refractivity contribution in [2.75, 3.05) is 45.8 Å². The van der Waals surface area contributed by atoms with Crippen LogP contribution in [0, 0.1) is 0 Å². The van der Waals surface area contributed by atoms with Gasteiger partial charge in [0.1, 0.15) is 5.60 Å². The van der Waals surface area contributed by atoms with E-state index in [4.69, 9.17) is 4.74 Å². The average molecular weight is 370 g/mol. The highest BCUT2D eigenvalue weighted by molar-refractivity contribution is 5.80. The molecule has 1 atom stereocenters. The molecule has 1 heterocycles. The highest BCUT2D eigenvalue weighted by atomic mass is 16.6. The Morgan fingerprint density at radius 3 is 2.38 bits per heavy atom. The Labute approximate surface area is 159 Å². The minimum Gasteiger partial charge on any atom is -0.444 e. The van der Waals surface area contributed by atoms with E-state index in [1.54, 1.807) is 4.90 Å². The fourth-order valence-corrected chi connectivity index (χ4v) is 2.62. The molecule has 1 fully saturated rings. The first kappa shape index (κ1) is 22.5. The first-order valence-electron chi connectivity index (χ1n) is 10.00. The molecule has 0 aromatic rings. The molecule has 0 aromatic carbocycles. The Kier molecular flexibility index (Phi) is 9.76. The standard InChI is InChI=1S/C19H39N5O2/c1-7-16(3)22-17(20-8-2)21-10-9-11-23-12-14-24(15-13-23)18(25)26-19(4,5)6/h16H,7-15H2,1-6H3,(H2,20,21,22). The monoisotopic (exact) mass is 369 g/mol. The molecule has 1 saturated heterocycles. The second-order valence-corrected chi connectivity index (χ2v) is 7.88. The summed E-state index contributed by atoms with van der Waals surface area (Å²) in [5.74, 6) is 0.900. The smallest absolute Gasteiger partial charge is 0.410 e. The van der Waals surface area contributed by atoms with Crippen LogP contribution in [-0.2, 0) is 4.74 Å². The van der Waals surface area contributed by atoms with Crippen molar-refractivity contribution in [3.8, 4) is 0 Å². The number of nitrogens with one attached hydrogen (secondary N) is 2. The molecular formula is C19H39N5O2. The minimum atomic E-state index is -0.431. The van der Waals surface area contributed by atoms with E-state index in [9.17, 15) is 4.79 Å². The molecule has 0 spiro atoms. The predicted molar refractivity (Wildman–Crippen MR) is 108 cm³/mol. The quantitative estimate of drug-likeness (QED) is 0.409. The zero-order valence-electron chi connectivity index (χ0n) is 17.6. The number of ether oxygens (including phenoxy) is 1. The molecule has 1 unspecified atom stereocenters. The molecule has 26 heavy (non-hydrogen) atoms. The number of nitrogens with zero attached hydrogens (tertiary/aromatic N) is 3. The fourth-order valence-electron chi connectivity index (χ4n) is 2.62. The summed E-state index contributed by atoms with van der Waals surface area (Å²) in [6.45, 7) is 18.1. The number of amides is 1. The van der Waals surface area contributed by atoms with Crippen molar-refractivity contribution in [3.63, 3.8) is 0 Å². The van der Waals surface area contributed by atoms with Crippen LogP contribution in [0.4, 0.5) is 4.79 Å². The van der Waals surface area contributed by atoms with E-state index in [0.717, 1.165) is 64.6 Å². The van der Waals surface area contributed by atoms with E-state index in [1.165, 1.54) is 0 Å². The van der Waals surface area contributed by atoms with Crippen molar-refractivity contribution in [2.24, 2.45) is 4.99 Å². The summed E-state index contributed by atoms with van der Waals surface area (Å²) in [7, 11) is 0. The van der Waals surface area contributed by atoms with Crippen LogP contribution < -0.4 is 10.6 Å². The first-order chi connectivity index (χ1) is 12.2. The van der Waals surface area contributed by atoms with Crippen LogP contribution in [0.25, 0.3) is 0 Å². The highest BCUT2D eigenvalue weighted by Gasteiger charge is 2.25. The van der Waals surface area contributed by atoms with Gasteiger partial charge in [-0.05, 0) is 47.5 Å². The van der Waals surface area contributed by atoms with Gasteiger partial charge in [0.15, 0.2) is 5.96 Å². The summed E-state index contributed by atoms with van der Waals surface area (Å²) in [4.78, 5) is 20.9. The fraction of sp³-hybridized carbons (Fsp3) is 0.895. The molecule has 0 aliphatic carbocycles. The summed E-state index contributed by atoms with van der Waals surface area (Å²) < 4.78 is 5.44. The third kappa shape index (κ3) is 9.27. The number of guanidine groups is 1. The number of hydrogen-bond donors (Lipinski definition) is 2. The Hall–Kier alpha value is -1.50. The van der Waals surface area contributed by atoms with E-state index in [1.807, 2.05) is 20.8 Å². The number of piperazine rings is 1. The van der Waals surface area contributed by atoms with Crippen molar-refractivity contribution in [2.45, 2.75) is 66.0 Å². The van der Waals surface area contributed by atoms with Gasteiger partial charge in [0.05, 0.1) is 0 Å². The van der Waals surface area contributed by atoms with Gasteiger partial charge in [-0.25, -0.2) is 4.79 Å². The van der Waals surface area contributed by atoms with Gasteiger partial charge in [-0.15, -0.1) is 0 Å². The normalized spacial score (nSPS) is 17.8. The van der Waals surface area contributed by atoms with Crippen LogP contribution in [0.15, 0.2) is 4.99 Å². The van der Waals surface area contributed by atoms with Crippen molar-refractivity contribution < 1.29 is 9.53 Å². The van der Waals surface area contributed by atoms with Crippen LogP contribution in [0.3, 0.4) is 0 Å². The van der Waals surface area contributed by atoms with Crippen LogP contribution >= 0.6 is 0 Å². The molecule has 0 bridgehead atoms. The van der Waals surface area contributed by atoms with E-state index in [2.05, 4.69) is 41.3 Å². The van der Waals surface area contributed by atoms with Gasteiger partial charge >= 0.3 is 6.09 Å². The molecule has 1 aliphatic heterocycles. The Morgan fingerprint density at radius 1 is 1.19 bits per heavy atom. The summed E-state index contributed by atoms with van der Waals surface area (Å²) >= 11 is 0. The third-order valence-corrected chi connectivity index (χ3v) is 4.27. The van der Waals surface area contributed by atoms with Gasteiger partial charge in [-0.2, -0.15) is 0 Å². The van der Waals surface area contributed by atoms with Crippen molar-refractivity contribution in [1.82, 2.24) is 20.4 Å². The van der Waals surface area contributed by atoms with E-state index < -0.39 is 5.60 Å². The molecule has 152 valence electrons. The number of hydrogen-bond acceptors (Lipinski definition) is 4. The van der Waals surface area contributed by atoms with Crippen LogP contribution in [0.5, 0.6) is 0 Å². The van der Waals surface area contributed by atoms with Crippen LogP contribution in [0.2, 0.25) is 0 Å². The maximum absolute atomic E-state index is 12.1. The lowest BCUT2D eigenvalue weighted by atomic mass is 10.2. The lowest BCUT2D eigenvalue weighted by molar-refractivity contribution is 0.0145. The molecule has 0 radical (unpaired) electrons. The molecule has 0 aromatic heterocycles. The average Bonchev–Trinajstić information content (AvgIpc) is 2.57. The van der Waals surface area contributed by atoms with Crippen LogP contribution in [0.1, 0.15) is 54.4 Å². The van der Waals surface area contributed by atoms with Crippen LogP contribution in [-0.4, -0.2) is 79.3 Å². The van der Waals surface area contributed by atoms with Gasteiger partial charge in [0.25, 0.3) is 0 Å². The zero-order valence-corrected chi connectivity index (χ0v) is 17.6. The van der Waals surface area contributed by atoms with Crippen molar-refractivity contribution in [1.29, 1.82) is 0 Å². The lowest BCUT2D eigenvalue weighted by Gasteiger charge is -2.35. The first-order valence-corrected chi connectivity index (χ1v) is 10.00. The number of aliphatic imine (C=N–C) groups is 1. The maximum atomic E-state index is 12.1. The maximum Gasteiger partial charge on any atom is 0.410 e. The van der Waals surface area contributed by atoms with Gasteiger partial charge in [0, 0.05) is 51.9 Å². The number of rotatable bonds is 7. The second-order valence-electron chi connectivity index (χ2n) is 7.88. The van der Waals surface area contributed by atoms with E-state index in [-0.39, 0.29) is 6.09 Å². The minimum absolute atomic E-state index is 0.201. The lowest BCUT2D eigenvalue weighted by Crippen LogP contribution is -2.50. The largest absolute Gasteiger partial charge is 0.444 e. The van der Waals surface area contributed by atoms with Gasteiger partial charge < -0.3 is 20.3 Å². The predicted octanol–water partition coefficient (Wildman–Crippen LogP) is 2.28. The Balaban J connectivity index is 2.28. The molecule has 2 N–H and O–H groups in total. The molecule has 7 nitrogen and oxygen atoms in total. The summed E-state index contributed by atoms with van der Waals surface area (Å²) in [5, 5.41) is 6.70. The van der Waals surface area contributed by atoms with Gasteiger partial charge in [0.2, 0.25) is 0 Å². The summed E-state index contributed by atoms with van der Waals surface area (Å²) in [6.07, 6.45) is 1.89. The molecule has 0 saturated carbocycles. The molecule has 1 aliphatic rings. The third-order valence-electron chi connectivity index (χ3n) is 4.27. The molecule has 1 rings (SSSR count). The van der Waals surface area contributed by atoms with Gasteiger partial charge in [-0.3, -0.25) is 9.89 Å². The number of carbonyl (C=O) groups excluding carboxylic acids is 1. The molecule has 1 amide bonds. The Bertz CT molecular complexity index is 440. The topological polar surface area (TPSA) is 69.2 Å². The SMILES string of the molecule is CCNC(=NCCCN1CCN(C(=O)OC(C)(C)C)CC1)NC(C)CC. The Morgan fingerprint density at radius 2 is 1.85 bits per heavy atom. The number of carbonyl (C=O) groups is 1. The highest BCUT2D eigenvalue weighted by Crippen LogP contribution is 2.12. The van der Waals surface area contributed by atoms with E-state index in [0.29, 0.717) is 6.04 Å². The van der Waals surface area contributed by atoms with Crippen molar-refractivity contribution >= 4 is 12.1 Å². The van der Waals surface area contributed by atoms with E-state index >= 15 is 0 Å². The summed E-state index contributed by atoms with van der Waals surface area (Å²) in [5.41, 5.74) is -0.431. The molecule has 7 heteroatoms. The summed E-state index contributed by atoms with van der Waals surface area (Å²) in [6, 6.07) is 0.425. The zero-order chi connectivity index (χ0) is 19.6.